The number of carbonyl (C=O) groups is 3. The Morgan fingerprint density at radius 3 is 2.45 bits per heavy atom. The van der Waals surface area contributed by atoms with Gasteiger partial charge in [-0.2, -0.15) is 0 Å². The molecule has 1 aromatic carbocycles. The quantitative estimate of drug-likeness (QED) is 0.824. The zero-order valence-corrected chi connectivity index (χ0v) is 13.9. The molecule has 0 saturated carbocycles. The van der Waals surface area contributed by atoms with Gasteiger partial charge in [-0.05, 0) is 25.1 Å². The Bertz CT molecular complexity index is 590. The fraction of sp³-hybridized carbons (Fsp3) is 0.357. The number of likely N-dealkylation sites (N-methyl/N-ethyl adjacent to an activating group) is 1. The maximum atomic E-state index is 11.9. The zero-order valence-electron chi connectivity index (χ0n) is 12.4. The number of hydrogen-bond donors (Lipinski definition) is 1. The molecule has 0 aliphatic carbocycles. The largest absolute Gasteiger partial charge is 0.451 e. The lowest BCUT2D eigenvalue weighted by molar-refractivity contribution is -0.157. The van der Waals surface area contributed by atoms with Gasteiger partial charge in [0.15, 0.2) is 6.10 Å². The number of amides is 2. The first kappa shape index (κ1) is 18.3. The molecule has 0 fully saturated rings. The maximum absolute atomic E-state index is 11.9. The number of benzene rings is 1. The minimum absolute atomic E-state index is 0.175. The molecular formula is C14H16Cl2N2O4. The fourth-order valence-corrected chi connectivity index (χ4v) is 2.07. The van der Waals surface area contributed by atoms with Crippen molar-refractivity contribution in [2.24, 2.45) is 0 Å². The van der Waals surface area contributed by atoms with Gasteiger partial charge in [-0.3, -0.25) is 14.4 Å². The van der Waals surface area contributed by atoms with E-state index >= 15 is 0 Å². The van der Waals surface area contributed by atoms with Crippen LogP contribution < -0.4 is 5.32 Å². The van der Waals surface area contributed by atoms with E-state index in [1.165, 1.54) is 30.0 Å². The topological polar surface area (TPSA) is 75.7 Å². The molecule has 0 heterocycles. The first-order chi connectivity index (χ1) is 10.2. The highest BCUT2D eigenvalue weighted by Gasteiger charge is 2.20. The number of carbonyl (C=O) groups excluding carboxylic acids is 3. The van der Waals surface area contributed by atoms with E-state index < -0.39 is 18.0 Å². The third-order valence-corrected chi connectivity index (χ3v) is 3.21. The predicted octanol–water partition coefficient (Wildman–Crippen LogP) is 1.74. The van der Waals surface area contributed by atoms with Crippen LogP contribution in [0.1, 0.15) is 17.3 Å². The van der Waals surface area contributed by atoms with Gasteiger partial charge >= 0.3 is 5.97 Å². The van der Waals surface area contributed by atoms with Crippen LogP contribution >= 0.6 is 23.2 Å². The third kappa shape index (κ3) is 5.20. The van der Waals surface area contributed by atoms with Crippen molar-refractivity contribution in [3.05, 3.63) is 33.8 Å². The second kappa shape index (κ2) is 8.00. The maximum Gasteiger partial charge on any atom is 0.326 e. The molecule has 0 aliphatic rings. The van der Waals surface area contributed by atoms with Gasteiger partial charge in [0.25, 0.3) is 11.8 Å². The minimum atomic E-state index is -0.918. The summed E-state index contributed by atoms with van der Waals surface area (Å²) in [5.74, 6) is -1.60. The van der Waals surface area contributed by atoms with E-state index in [0.717, 1.165) is 0 Å². The average Bonchev–Trinajstić information content (AvgIpc) is 2.43. The molecule has 2 amide bonds. The SMILES string of the molecule is C[C@@H](OC(=O)CNC(=O)c1ccc(Cl)cc1Cl)C(=O)N(C)C. The van der Waals surface area contributed by atoms with Crippen LogP contribution in [0, 0.1) is 0 Å². The fourth-order valence-electron chi connectivity index (χ4n) is 1.57. The van der Waals surface area contributed by atoms with Crippen molar-refractivity contribution in [2.45, 2.75) is 13.0 Å². The molecule has 22 heavy (non-hydrogen) atoms. The second-order valence-electron chi connectivity index (χ2n) is 4.67. The van der Waals surface area contributed by atoms with Crippen LogP contribution in [0.3, 0.4) is 0 Å². The molecular weight excluding hydrogens is 331 g/mol. The summed E-state index contributed by atoms with van der Waals surface area (Å²) in [5.41, 5.74) is 0.191. The van der Waals surface area contributed by atoms with E-state index in [4.69, 9.17) is 27.9 Å². The molecule has 0 aliphatic heterocycles. The Morgan fingerprint density at radius 2 is 1.91 bits per heavy atom. The molecule has 0 bridgehead atoms. The second-order valence-corrected chi connectivity index (χ2v) is 5.52. The van der Waals surface area contributed by atoms with Crippen LogP contribution in [-0.4, -0.2) is 49.4 Å². The van der Waals surface area contributed by atoms with Gasteiger partial charge < -0.3 is 15.0 Å². The Labute approximate surface area is 138 Å². The molecule has 6 nitrogen and oxygen atoms in total. The predicted molar refractivity (Wildman–Crippen MR) is 83.0 cm³/mol. The van der Waals surface area contributed by atoms with E-state index in [1.54, 1.807) is 14.1 Å². The summed E-state index contributed by atoms with van der Waals surface area (Å²) in [6.45, 7) is 1.08. The molecule has 8 heteroatoms. The first-order valence-electron chi connectivity index (χ1n) is 6.36. The number of ether oxygens (including phenoxy) is 1. The van der Waals surface area contributed by atoms with Gasteiger partial charge in [0.2, 0.25) is 0 Å². The lowest BCUT2D eigenvalue weighted by atomic mass is 10.2. The van der Waals surface area contributed by atoms with Crippen LogP contribution in [0.5, 0.6) is 0 Å². The van der Waals surface area contributed by atoms with Gasteiger partial charge in [-0.25, -0.2) is 0 Å². The van der Waals surface area contributed by atoms with E-state index in [2.05, 4.69) is 5.32 Å². The molecule has 0 unspecified atom stereocenters. The van der Waals surface area contributed by atoms with Crippen LogP contribution in [0.4, 0.5) is 0 Å². The zero-order chi connectivity index (χ0) is 16.9. The van der Waals surface area contributed by atoms with E-state index in [0.29, 0.717) is 5.02 Å². The Balaban J connectivity index is 2.53. The van der Waals surface area contributed by atoms with Crippen LogP contribution in [0.15, 0.2) is 18.2 Å². The highest BCUT2D eigenvalue weighted by Crippen LogP contribution is 2.20. The van der Waals surface area contributed by atoms with Crippen molar-refractivity contribution in [1.29, 1.82) is 0 Å². The molecule has 1 rings (SSSR count). The highest BCUT2D eigenvalue weighted by atomic mass is 35.5. The van der Waals surface area contributed by atoms with Crippen molar-refractivity contribution < 1.29 is 19.1 Å². The molecule has 0 aromatic heterocycles. The molecule has 0 radical (unpaired) electrons. The van der Waals surface area contributed by atoms with Crippen molar-refractivity contribution >= 4 is 41.0 Å². The standard InChI is InChI=1S/C14H16Cl2N2O4/c1-8(14(21)18(2)3)22-12(19)7-17-13(20)10-5-4-9(15)6-11(10)16/h4-6,8H,7H2,1-3H3,(H,17,20)/t8-/m1/s1. The van der Waals surface area contributed by atoms with E-state index in [1.807, 2.05) is 0 Å². The van der Waals surface area contributed by atoms with Gasteiger partial charge in [0.05, 0.1) is 10.6 Å². The third-order valence-electron chi connectivity index (χ3n) is 2.67. The number of hydrogen-bond acceptors (Lipinski definition) is 4. The summed E-state index contributed by atoms with van der Waals surface area (Å²) in [6, 6.07) is 4.39. The Hall–Kier alpha value is -1.79. The monoisotopic (exact) mass is 346 g/mol. The molecule has 1 N–H and O–H groups in total. The molecule has 120 valence electrons. The van der Waals surface area contributed by atoms with Crippen molar-refractivity contribution in [2.75, 3.05) is 20.6 Å². The van der Waals surface area contributed by atoms with Gasteiger partial charge in [0.1, 0.15) is 6.54 Å². The average molecular weight is 347 g/mol. The minimum Gasteiger partial charge on any atom is -0.451 e. The number of halogens is 2. The smallest absolute Gasteiger partial charge is 0.326 e. The first-order valence-corrected chi connectivity index (χ1v) is 7.12. The summed E-state index contributed by atoms with van der Waals surface area (Å²) in [5, 5.41) is 2.94. The van der Waals surface area contributed by atoms with Gasteiger partial charge in [-0.15, -0.1) is 0 Å². The number of nitrogens with zero attached hydrogens (tertiary/aromatic N) is 1. The summed E-state index contributed by atoms with van der Waals surface area (Å²) in [7, 11) is 3.11. The van der Waals surface area contributed by atoms with Crippen molar-refractivity contribution in [3.8, 4) is 0 Å². The number of rotatable bonds is 5. The molecule has 1 aromatic rings. The highest BCUT2D eigenvalue weighted by molar-refractivity contribution is 6.36. The lowest BCUT2D eigenvalue weighted by Crippen LogP contribution is -2.38. The normalized spacial score (nSPS) is 11.5. The van der Waals surface area contributed by atoms with Crippen molar-refractivity contribution in [3.63, 3.8) is 0 Å². The number of esters is 1. The summed E-state index contributed by atoms with van der Waals surface area (Å²) in [6.07, 6.45) is -0.918. The van der Waals surface area contributed by atoms with E-state index in [-0.39, 0.29) is 23.0 Å². The van der Waals surface area contributed by atoms with Crippen LogP contribution in [0.25, 0.3) is 0 Å². The Morgan fingerprint density at radius 1 is 1.27 bits per heavy atom. The summed E-state index contributed by atoms with van der Waals surface area (Å²) < 4.78 is 4.91. The Kier molecular flexibility index (Phi) is 6.64. The van der Waals surface area contributed by atoms with E-state index in [9.17, 15) is 14.4 Å². The van der Waals surface area contributed by atoms with Crippen molar-refractivity contribution in [1.82, 2.24) is 10.2 Å². The lowest BCUT2D eigenvalue weighted by Gasteiger charge is -2.17. The van der Waals surface area contributed by atoms with Gasteiger partial charge in [0, 0.05) is 19.1 Å². The van der Waals surface area contributed by atoms with Crippen LogP contribution in [-0.2, 0) is 14.3 Å². The van der Waals surface area contributed by atoms with Gasteiger partial charge in [-0.1, -0.05) is 23.2 Å². The molecule has 0 saturated heterocycles. The summed E-state index contributed by atoms with van der Waals surface area (Å²) >= 11 is 11.6. The van der Waals surface area contributed by atoms with Crippen LogP contribution in [0.2, 0.25) is 10.0 Å². The number of nitrogens with one attached hydrogen (secondary N) is 1. The summed E-state index contributed by atoms with van der Waals surface area (Å²) in [4.78, 5) is 36.3. The molecule has 0 spiro atoms. The molecule has 1 atom stereocenters.